The number of benzene rings is 1. The smallest absolute Gasteiger partial charge is 0.251 e. The summed E-state index contributed by atoms with van der Waals surface area (Å²) in [4.78, 5) is 14.7. The molecule has 4 nitrogen and oxygen atoms in total. The fourth-order valence-electron chi connectivity index (χ4n) is 2.84. The summed E-state index contributed by atoms with van der Waals surface area (Å²) in [5.74, 6) is 0.886. The zero-order valence-corrected chi connectivity index (χ0v) is 14.5. The molecule has 1 saturated heterocycles. The Bertz CT molecular complexity index is 604. The molecule has 1 amide bonds. The van der Waals surface area contributed by atoms with Crippen LogP contribution in [0.1, 0.15) is 35.0 Å². The van der Waals surface area contributed by atoms with E-state index in [1.54, 1.807) is 6.26 Å². The van der Waals surface area contributed by atoms with E-state index in [1.807, 2.05) is 36.4 Å². The quantitative estimate of drug-likeness (QED) is 0.769. The van der Waals surface area contributed by atoms with Gasteiger partial charge in [-0.15, -0.1) is 0 Å². The van der Waals surface area contributed by atoms with Crippen LogP contribution in [0, 0.1) is 3.57 Å². The van der Waals surface area contributed by atoms with Crippen molar-refractivity contribution in [2.45, 2.75) is 18.9 Å². The molecule has 1 aliphatic heterocycles. The second-order valence-electron chi connectivity index (χ2n) is 5.49. The lowest BCUT2D eigenvalue weighted by Crippen LogP contribution is -2.36. The molecule has 5 heteroatoms. The predicted octanol–water partition coefficient (Wildman–Crippen LogP) is 3.45. The van der Waals surface area contributed by atoms with Gasteiger partial charge in [-0.1, -0.05) is 0 Å². The molecule has 0 spiro atoms. The molecule has 1 fully saturated rings. The fraction of sp³-hybridized carbons (Fsp3) is 0.353. The predicted molar refractivity (Wildman–Crippen MR) is 93.7 cm³/mol. The Balaban J connectivity index is 1.66. The Labute approximate surface area is 144 Å². The van der Waals surface area contributed by atoms with Gasteiger partial charge in [-0.2, -0.15) is 0 Å². The molecule has 0 aliphatic carbocycles. The van der Waals surface area contributed by atoms with Gasteiger partial charge >= 0.3 is 0 Å². The molecule has 116 valence electrons. The average molecular weight is 410 g/mol. The molecule has 1 atom stereocenters. The molecular weight excluding hydrogens is 391 g/mol. The van der Waals surface area contributed by atoms with Crippen molar-refractivity contribution in [3.8, 4) is 0 Å². The lowest BCUT2D eigenvalue weighted by molar-refractivity contribution is 0.0934. The summed E-state index contributed by atoms with van der Waals surface area (Å²) >= 11 is 2.23. The van der Waals surface area contributed by atoms with Crippen molar-refractivity contribution in [1.82, 2.24) is 10.2 Å². The zero-order valence-electron chi connectivity index (χ0n) is 12.3. The van der Waals surface area contributed by atoms with Gasteiger partial charge in [0.25, 0.3) is 5.91 Å². The fourth-order valence-corrected chi connectivity index (χ4v) is 3.20. The molecule has 1 aromatic carbocycles. The molecular formula is C17H19IN2O2. The number of furan rings is 1. The van der Waals surface area contributed by atoms with Crippen molar-refractivity contribution in [2.24, 2.45) is 0 Å². The van der Waals surface area contributed by atoms with Crippen LogP contribution in [0.25, 0.3) is 0 Å². The number of nitrogens with one attached hydrogen (secondary N) is 1. The lowest BCUT2D eigenvalue weighted by Gasteiger charge is -2.26. The van der Waals surface area contributed by atoms with Gasteiger partial charge in [-0.05, 0) is 84.9 Å². The van der Waals surface area contributed by atoms with Gasteiger partial charge in [0.15, 0.2) is 0 Å². The molecule has 2 heterocycles. The lowest BCUT2D eigenvalue weighted by atomic mass is 10.1. The van der Waals surface area contributed by atoms with E-state index in [9.17, 15) is 4.79 Å². The Kier molecular flexibility index (Phi) is 5.15. The van der Waals surface area contributed by atoms with E-state index < -0.39 is 0 Å². The first kappa shape index (κ1) is 15.6. The number of hydrogen-bond donors (Lipinski definition) is 1. The Hall–Kier alpha value is -1.34. The Morgan fingerprint density at radius 2 is 1.95 bits per heavy atom. The maximum absolute atomic E-state index is 12.3. The second-order valence-corrected chi connectivity index (χ2v) is 6.74. The van der Waals surface area contributed by atoms with E-state index in [2.05, 4.69) is 32.8 Å². The Morgan fingerprint density at radius 1 is 1.23 bits per heavy atom. The van der Waals surface area contributed by atoms with Crippen molar-refractivity contribution in [3.05, 3.63) is 57.6 Å². The minimum atomic E-state index is -0.0350. The van der Waals surface area contributed by atoms with Crippen LogP contribution in [-0.2, 0) is 0 Å². The SMILES string of the molecule is O=C(NC[C@H](c1ccco1)N1CCCC1)c1ccc(I)cc1. The summed E-state index contributed by atoms with van der Waals surface area (Å²) < 4.78 is 6.69. The standard InChI is InChI=1S/C17H19IN2O2/c18-14-7-5-13(6-8-14)17(21)19-12-15(16-4-3-11-22-16)20-9-1-2-10-20/h3-8,11,15H,1-2,9-10,12H2,(H,19,21)/t15-/m1/s1. The maximum Gasteiger partial charge on any atom is 0.251 e. The van der Waals surface area contributed by atoms with E-state index in [-0.39, 0.29) is 11.9 Å². The zero-order chi connectivity index (χ0) is 15.4. The van der Waals surface area contributed by atoms with Crippen LogP contribution in [0.3, 0.4) is 0 Å². The molecule has 1 N–H and O–H groups in total. The third-order valence-corrected chi connectivity index (χ3v) is 4.73. The van der Waals surface area contributed by atoms with E-state index in [0.717, 1.165) is 22.4 Å². The number of carbonyl (C=O) groups excluding carboxylic acids is 1. The van der Waals surface area contributed by atoms with Crippen LogP contribution in [0.5, 0.6) is 0 Å². The molecule has 1 aliphatic rings. The summed E-state index contributed by atoms with van der Waals surface area (Å²) in [6.07, 6.45) is 4.11. The third kappa shape index (κ3) is 3.70. The number of hydrogen-bond acceptors (Lipinski definition) is 3. The van der Waals surface area contributed by atoms with E-state index >= 15 is 0 Å². The topological polar surface area (TPSA) is 45.5 Å². The molecule has 0 radical (unpaired) electrons. The molecule has 3 rings (SSSR count). The first-order valence-electron chi connectivity index (χ1n) is 7.55. The highest BCUT2D eigenvalue weighted by molar-refractivity contribution is 14.1. The highest BCUT2D eigenvalue weighted by Gasteiger charge is 2.25. The molecule has 2 aromatic rings. The minimum Gasteiger partial charge on any atom is -0.468 e. The van der Waals surface area contributed by atoms with Gasteiger partial charge in [-0.3, -0.25) is 9.69 Å². The minimum absolute atomic E-state index is 0.0350. The van der Waals surface area contributed by atoms with Gasteiger partial charge in [0, 0.05) is 15.7 Å². The van der Waals surface area contributed by atoms with Crippen molar-refractivity contribution >= 4 is 28.5 Å². The molecule has 0 bridgehead atoms. The number of likely N-dealkylation sites (tertiary alicyclic amines) is 1. The first-order valence-corrected chi connectivity index (χ1v) is 8.63. The third-order valence-electron chi connectivity index (χ3n) is 4.02. The summed E-state index contributed by atoms with van der Waals surface area (Å²) in [5, 5.41) is 3.04. The summed E-state index contributed by atoms with van der Waals surface area (Å²) in [6, 6.07) is 11.6. The van der Waals surface area contributed by atoms with E-state index in [0.29, 0.717) is 12.1 Å². The van der Waals surface area contributed by atoms with E-state index in [4.69, 9.17) is 4.42 Å². The van der Waals surface area contributed by atoms with Gasteiger partial charge in [0.05, 0.1) is 12.3 Å². The van der Waals surface area contributed by atoms with Crippen molar-refractivity contribution < 1.29 is 9.21 Å². The summed E-state index contributed by atoms with van der Waals surface area (Å²) in [6.45, 7) is 2.69. The largest absolute Gasteiger partial charge is 0.468 e. The van der Waals surface area contributed by atoms with Gasteiger partial charge in [0.1, 0.15) is 5.76 Å². The normalized spacial score (nSPS) is 16.6. The van der Waals surface area contributed by atoms with Crippen LogP contribution in [0.2, 0.25) is 0 Å². The number of amides is 1. The highest BCUT2D eigenvalue weighted by atomic mass is 127. The van der Waals surface area contributed by atoms with Crippen LogP contribution in [0.4, 0.5) is 0 Å². The maximum atomic E-state index is 12.3. The van der Waals surface area contributed by atoms with Crippen molar-refractivity contribution in [3.63, 3.8) is 0 Å². The number of nitrogens with zero attached hydrogens (tertiary/aromatic N) is 1. The highest BCUT2D eigenvalue weighted by Crippen LogP contribution is 2.25. The molecule has 1 aromatic heterocycles. The van der Waals surface area contributed by atoms with Crippen LogP contribution in [-0.4, -0.2) is 30.4 Å². The van der Waals surface area contributed by atoms with Crippen LogP contribution in [0.15, 0.2) is 47.1 Å². The Morgan fingerprint density at radius 3 is 2.59 bits per heavy atom. The van der Waals surface area contributed by atoms with Gasteiger partial charge in [0.2, 0.25) is 0 Å². The second kappa shape index (κ2) is 7.28. The van der Waals surface area contributed by atoms with Crippen LogP contribution >= 0.6 is 22.6 Å². The van der Waals surface area contributed by atoms with Crippen molar-refractivity contribution in [1.29, 1.82) is 0 Å². The summed E-state index contributed by atoms with van der Waals surface area (Å²) in [5.41, 5.74) is 0.694. The number of carbonyl (C=O) groups is 1. The number of halogens is 1. The summed E-state index contributed by atoms with van der Waals surface area (Å²) in [7, 11) is 0. The average Bonchev–Trinajstić information content (AvgIpc) is 3.22. The number of rotatable bonds is 5. The van der Waals surface area contributed by atoms with Gasteiger partial charge < -0.3 is 9.73 Å². The molecule has 0 saturated carbocycles. The monoisotopic (exact) mass is 410 g/mol. The molecule has 0 unspecified atom stereocenters. The van der Waals surface area contributed by atoms with Crippen LogP contribution < -0.4 is 5.32 Å². The van der Waals surface area contributed by atoms with E-state index in [1.165, 1.54) is 12.8 Å². The van der Waals surface area contributed by atoms with Gasteiger partial charge in [-0.25, -0.2) is 0 Å². The van der Waals surface area contributed by atoms with Crippen molar-refractivity contribution in [2.75, 3.05) is 19.6 Å². The molecule has 22 heavy (non-hydrogen) atoms. The first-order chi connectivity index (χ1) is 10.7.